The molecule has 0 radical (unpaired) electrons. The summed E-state index contributed by atoms with van der Waals surface area (Å²) in [7, 11) is 0. The summed E-state index contributed by atoms with van der Waals surface area (Å²) in [5, 5.41) is 0.746. The number of rotatable bonds is 5. The van der Waals surface area contributed by atoms with Crippen molar-refractivity contribution >= 4 is 23.2 Å². The van der Waals surface area contributed by atoms with E-state index in [4.69, 9.17) is 27.9 Å². The van der Waals surface area contributed by atoms with Gasteiger partial charge in [-0.3, -0.25) is 0 Å². The molecule has 0 saturated heterocycles. The lowest BCUT2D eigenvalue weighted by Crippen LogP contribution is -2.04. The molecule has 1 aromatic carbocycles. The highest BCUT2D eigenvalue weighted by Crippen LogP contribution is 2.32. The zero-order chi connectivity index (χ0) is 13.7. The first-order valence-electron chi connectivity index (χ1n) is 6.07. The highest BCUT2D eigenvalue weighted by Gasteiger charge is 2.13. The van der Waals surface area contributed by atoms with Gasteiger partial charge in [0.15, 0.2) is 0 Å². The Bertz CT molecular complexity index is 523. The van der Waals surface area contributed by atoms with Gasteiger partial charge in [0.2, 0.25) is 0 Å². The molecule has 0 spiro atoms. The van der Waals surface area contributed by atoms with Gasteiger partial charge in [0.05, 0.1) is 12.2 Å². The molecule has 0 fully saturated rings. The number of aromatic nitrogens is 2. The summed E-state index contributed by atoms with van der Waals surface area (Å²) < 4.78 is 5.27. The van der Waals surface area contributed by atoms with Crippen LogP contribution in [0.25, 0.3) is 11.1 Å². The Morgan fingerprint density at radius 3 is 2.26 bits per heavy atom. The standard InChI is InChI=1S/C14H14Cl2N2O/c1-2-19-9-8-11-17-13(15)12(14(16)18-11)10-6-4-3-5-7-10/h3-7H,2,8-9H2,1H3. The third-order valence-corrected chi connectivity index (χ3v) is 3.15. The molecule has 19 heavy (non-hydrogen) atoms. The summed E-state index contributed by atoms with van der Waals surface area (Å²) >= 11 is 12.4. The minimum Gasteiger partial charge on any atom is -0.381 e. The Balaban J connectivity index is 2.28. The third-order valence-electron chi connectivity index (χ3n) is 2.60. The van der Waals surface area contributed by atoms with E-state index in [-0.39, 0.29) is 0 Å². The number of halogens is 2. The van der Waals surface area contributed by atoms with Gasteiger partial charge in [0, 0.05) is 13.0 Å². The van der Waals surface area contributed by atoms with Crippen LogP contribution in [0.4, 0.5) is 0 Å². The van der Waals surface area contributed by atoms with Crippen molar-refractivity contribution in [3.8, 4) is 11.1 Å². The van der Waals surface area contributed by atoms with Crippen molar-refractivity contribution in [3.63, 3.8) is 0 Å². The molecule has 0 aliphatic rings. The van der Waals surface area contributed by atoms with Crippen LogP contribution in [0.3, 0.4) is 0 Å². The third kappa shape index (κ3) is 3.66. The van der Waals surface area contributed by atoms with E-state index in [2.05, 4.69) is 9.97 Å². The molecule has 2 aromatic rings. The van der Waals surface area contributed by atoms with Crippen LogP contribution in [0.15, 0.2) is 30.3 Å². The Kier molecular flexibility index (Phi) is 5.14. The zero-order valence-electron chi connectivity index (χ0n) is 10.6. The number of benzene rings is 1. The summed E-state index contributed by atoms with van der Waals surface area (Å²) in [6.45, 7) is 3.18. The second kappa shape index (κ2) is 6.85. The van der Waals surface area contributed by atoms with E-state index in [1.54, 1.807) is 0 Å². The summed E-state index contributed by atoms with van der Waals surface area (Å²) in [6.07, 6.45) is 0.600. The molecule has 0 saturated carbocycles. The molecular weight excluding hydrogens is 283 g/mol. The maximum atomic E-state index is 6.21. The van der Waals surface area contributed by atoms with Crippen molar-refractivity contribution in [1.82, 2.24) is 9.97 Å². The molecule has 0 atom stereocenters. The van der Waals surface area contributed by atoms with E-state index in [9.17, 15) is 0 Å². The quantitative estimate of drug-likeness (QED) is 0.617. The van der Waals surface area contributed by atoms with Crippen molar-refractivity contribution in [2.45, 2.75) is 13.3 Å². The fourth-order valence-corrected chi connectivity index (χ4v) is 2.35. The van der Waals surface area contributed by atoms with Crippen LogP contribution in [0.2, 0.25) is 10.3 Å². The van der Waals surface area contributed by atoms with Crippen molar-refractivity contribution < 1.29 is 4.74 Å². The molecule has 5 heteroatoms. The van der Waals surface area contributed by atoms with Crippen LogP contribution in [0.1, 0.15) is 12.7 Å². The molecule has 2 rings (SSSR count). The maximum Gasteiger partial charge on any atom is 0.142 e. The lowest BCUT2D eigenvalue weighted by Gasteiger charge is -2.08. The summed E-state index contributed by atoms with van der Waals surface area (Å²) in [5.41, 5.74) is 1.58. The van der Waals surface area contributed by atoms with Crippen LogP contribution in [0, 0.1) is 0 Å². The van der Waals surface area contributed by atoms with E-state index in [1.165, 1.54) is 0 Å². The smallest absolute Gasteiger partial charge is 0.142 e. The minimum atomic E-state index is 0.373. The molecule has 0 unspecified atom stereocenters. The Labute approximate surface area is 122 Å². The van der Waals surface area contributed by atoms with Gasteiger partial charge in [-0.2, -0.15) is 0 Å². The van der Waals surface area contributed by atoms with E-state index in [0.717, 1.165) is 5.56 Å². The highest BCUT2D eigenvalue weighted by atomic mass is 35.5. The molecule has 3 nitrogen and oxygen atoms in total. The SMILES string of the molecule is CCOCCc1nc(Cl)c(-c2ccccc2)c(Cl)n1. The summed E-state index contributed by atoms with van der Waals surface area (Å²) in [4.78, 5) is 8.54. The molecule has 100 valence electrons. The van der Waals surface area contributed by atoms with Crippen molar-refractivity contribution in [2.24, 2.45) is 0 Å². The fraction of sp³-hybridized carbons (Fsp3) is 0.286. The minimum absolute atomic E-state index is 0.373. The second-order valence-electron chi connectivity index (χ2n) is 3.91. The molecule has 0 aliphatic heterocycles. The first kappa shape index (κ1) is 14.3. The van der Waals surface area contributed by atoms with Crippen LogP contribution in [-0.4, -0.2) is 23.2 Å². The van der Waals surface area contributed by atoms with Gasteiger partial charge in [-0.1, -0.05) is 53.5 Å². The average molecular weight is 297 g/mol. The highest BCUT2D eigenvalue weighted by molar-refractivity contribution is 6.37. The topological polar surface area (TPSA) is 35.0 Å². The van der Waals surface area contributed by atoms with Gasteiger partial charge in [0.1, 0.15) is 16.1 Å². The van der Waals surface area contributed by atoms with E-state index >= 15 is 0 Å². The van der Waals surface area contributed by atoms with Crippen molar-refractivity contribution in [3.05, 3.63) is 46.5 Å². The average Bonchev–Trinajstić information content (AvgIpc) is 2.39. The molecule has 0 aliphatic carbocycles. The second-order valence-corrected chi connectivity index (χ2v) is 4.63. The lowest BCUT2D eigenvalue weighted by molar-refractivity contribution is 0.149. The van der Waals surface area contributed by atoms with Crippen molar-refractivity contribution in [2.75, 3.05) is 13.2 Å². The maximum absolute atomic E-state index is 6.21. The molecule has 0 N–H and O–H groups in total. The number of hydrogen-bond donors (Lipinski definition) is 0. The normalized spacial score (nSPS) is 10.7. The van der Waals surface area contributed by atoms with Crippen LogP contribution in [0.5, 0.6) is 0 Å². The van der Waals surface area contributed by atoms with E-state index in [1.807, 2.05) is 37.3 Å². The Morgan fingerprint density at radius 1 is 1.05 bits per heavy atom. The fourth-order valence-electron chi connectivity index (χ4n) is 1.71. The van der Waals surface area contributed by atoms with Gasteiger partial charge < -0.3 is 4.74 Å². The van der Waals surface area contributed by atoms with Gasteiger partial charge in [-0.15, -0.1) is 0 Å². The first-order valence-corrected chi connectivity index (χ1v) is 6.83. The van der Waals surface area contributed by atoms with Gasteiger partial charge in [0.25, 0.3) is 0 Å². The monoisotopic (exact) mass is 296 g/mol. The predicted molar refractivity (Wildman–Crippen MR) is 77.7 cm³/mol. The Morgan fingerprint density at radius 2 is 1.68 bits per heavy atom. The number of ether oxygens (including phenoxy) is 1. The van der Waals surface area contributed by atoms with E-state index < -0.39 is 0 Å². The van der Waals surface area contributed by atoms with Gasteiger partial charge in [-0.05, 0) is 12.5 Å². The van der Waals surface area contributed by atoms with Gasteiger partial charge >= 0.3 is 0 Å². The molecular formula is C14H14Cl2N2O. The lowest BCUT2D eigenvalue weighted by atomic mass is 10.1. The summed E-state index contributed by atoms with van der Waals surface area (Å²) in [6, 6.07) is 9.63. The molecule has 0 bridgehead atoms. The predicted octanol–water partition coefficient (Wildman–Crippen LogP) is 4.03. The van der Waals surface area contributed by atoms with Crippen LogP contribution < -0.4 is 0 Å². The van der Waals surface area contributed by atoms with E-state index in [0.29, 0.717) is 41.3 Å². The van der Waals surface area contributed by atoms with Gasteiger partial charge in [-0.25, -0.2) is 9.97 Å². The van der Waals surface area contributed by atoms with Crippen LogP contribution >= 0.6 is 23.2 Å². The number of hydrogen-bond acceptors (Lipinski definition) is 3. The Hall–Kier alpha value is -1.16. The number of nitrogens with zero attached hydrogens (tertiary/aromatic N) is 2. The zero-order valence-corrected chi connectivity index (χ0v) is 12.1. The summed E-state index contributed by atoms with van der Waals surface area (Å²) in [5.74, 6) is 0.600. The van der Waals surface area contributed by atoms with Crippen LogP contribution in [-0.2, 0) is 11.2 Å². The largest absolute Gasteiger partial charge is 0.381 e. The molecule has 1 aromatic heterocycles. The molecule has 1 heterocycles. The van der Waals surface area contributed by atoms with Crippen molar-refractivity contribution in [1.29, 1.82) is 0 Å². The first-order chi connectivity index (χ1) is 9.22. The molecule has 0 amide bonds.